The molecular formula is C15H17NO2. The molecule has 18 heavy (non-hydrogen) atoms. The lowest BCUT2D eigenvalue weighted by molar-refractivity contribution is 0.209. The summed E-state index contributed by atoms with van der Waals surface area (Å²) in [7, 11) is 0. The molecule has 0 spiro atoms. The van der Waals surface area contributed by atoms with Crippen LogP contribution in [0.3, 0.4) is 0 Å². The van der Waals surface area contributed by atoms with E-state index in [0.717, 1.165) is 5.56 Å². The monoisotopic (exact) mass is 243 g/mol. The van der Waals surface area contributed by atoms with Crippen molar-refractivity contribution in [3.63, 3.8) is 0 Å². The van der Waals surface area contributed by atoms with Gasteiger partial charge in [-0.3, -0.25) is 5.32 Å². The number of hydrogen-bond acceptors (Lipinski definition) is 1. The summed E-state index contributed by atoms with van der Waals surface area (Å²) in [5.74, 6) is 6.85. The van der Waals surface area contributed by atoms with E-state index in [0.29, 0.717) is 11.6 Å². The summed E-state index contributed by atoms with van der Waals surface area (Å²) in [4.78, 5) is 10.7. The van der Waals surface area contributed by atoms with Crippen LogP contribution < -0.4 is 5.32 Å². The van der Waals surface area contributed by atoms with Crippen molar-refractivity contribution >= 4 is 11.8 Å². The highest BCUT2D eigenvalue weighted by Crippen LogP contribution is 2.23. The smallest absolute Gasteiger partial charge is 0.409 e. The van der Waals surface area contributed by atoms with Crippen molar-refractivity contribution in [2.45, 2.75) is 32.1 Å². The first kappa shape index (κ1) is 12.5. The first-order valence-electron chi connectivity index (χ1n) is 6.36. The van der Waals surface area contributed by atoms with Crippen molar-refractivity contribution in [2.24, 2.45) is 5.92 Å². The maximum absolute atomic E-state index is 10.7. The molecule has 0 aliphatic heterocycles. The summed E-state index contributed by atoms with van der Waals surface area (Å²) >= 11 is 0. The second kappa shape index (κ2) is 6.11. The van der Waals surface area contributed by atoms with Crippen molar-refractivity contribution in [1.82, 2.24) is 0 Å². The largest absolute Gasteiger partial charge is 0.465 e. The molecule has 94 valence electrons. The number of carbonyl (C=O) groups is 1. The molecule has 1 aliphatic rings. The summed E-state index contributed by atoms with van der Waals surface area (Å²) in [6.45, 7) is 0. The van der Waals surface area contributed by atoms with Crippen molar-refractivity contribution in [2.75, 3.05) is 5.32 Å². The third-order valence-corrected chi connectivity index (χ3v) is 3.18. The third kappa shape index (κ3) is 3.53. The predicted octanol–water partition coefficient (Wildman–Crippen LogP) is 3.71. The fraction of sp³-hybridized carbons (Fsp3) is 0.400. The SMILES string of the molecule is O=C(O)Nc1ccccc1C#CC1CCCCC1. The second-order valence-corrected chi connectivity index (χ2v) is 4.58. The number of benzene rings is 1. The molecule has 0 unspecified atom stereocenters. The molecule has 1 amide bonds. The predicted molar refractivity (Wildman–Crippen MR) is 71.5 cm³/mol. The van der Waals surface area contributed by atoms with Crippen LogP contribution in [0.5, 0.6) is 0 Å². The fourth-order valence-corrected chi connectivity index (χ4v) is 2.24. The Kier molecular flexibility index (Phi) is 4.25. The van der Waals surface area contributed by atoms with Crippen LogP contribution in [0, 0.1) is 17.8 Å². The molecule has 1 aliphatic carbocycles. The minimum atomic E-state index is -1.05. The molecule has 1 aromatic rings. The number of amides is 1. The standard InChI is InChI=1S/C15H17NO2/c17-15(18)16-14-9-5-4-8-13(14)11-10-12-6-2-1-3-7-12/h4-5,8-9,12,16H,1-3,6-7H2,(H,17,18). The number of nitrogens with one attached hydrogen (secondary N) is 1. The molecule has 0 saturated heterocycles. The van der Waals surface area contributed by atoms with E-state index in [-0.39, 0.29) is 0 Å². The van der Waals surface area contributed by atoms with Gasteiger partial charge in [0.1, 0.15) is 0 Å². The van der Waals surface area contributed by atoms with E-state index in [1.54, 1.807) is 12.1 Å². The van der Waals surface area contributed by atoms with Crippen LogP contribution in [0.25, 0.3) is 0 Å². The zero-order chi connectivity index (χ0) is 12.8. The van der Waals surface area contributed by atoms with Crippen LogP contribution in [0.1, 0.15) is 37.7 Å². The van der Waals surface area contributed by atoms with Gasteiger partial charge in [-0.2, -0.15) is 0 Å². The maximum atomic E-state index is 10.7. The zero-order valence-electron chi connectivity index (χ0n) is 10.3. The third-order valence-electron chi connectivity index (χ3n) is 3.18. The van der Waals surface area contributed by atoms with Crippen LogP contribution in [0.4, 0.5) is 10.5 Å². The quantitative estimate of drug-likeness (QED) is 0.739. The number of anilines is 1. The van der Waals surface area contributed by atoms with Crippen molar-refractivity contribution < 1.29 is 9.90 Å². The van der Waals surface area contributed by atoms with E-state index in [1.165, 1.54) is 32.1 Å². The highest BCUT2D eigenvalue weighted by atomic mass is 16.4. The first-order chi connectivity index (χ1) is 8.75. The van der Waals surface area contributed by atoms with Gasteiger partial charge < -0.3 is 5.11 Å². The van der Waals surface area contributed by atoms with Gasteiger partial charge in [0.15, 0.2) is 0 Å². The van der Waals surface area contributed by atoms with Crippen molar-refractivity contribution in [3.8, 4) is 11.8 Å². The van der Waals surface area contributed by atoms with Crippen LogP contribution in [-0.4, -0.2) is 11.2 Å². The van der Waals surface area contributed by atoms with E-state index < -0.39 is 6.09 Å². The van der Waals surface area contributed by atoms with E-state index in [1.807, 2.05) is 12.1 Å². The Bertz CT molecular complexity index is 479. The van der Waals surface area contributed by atoms with E-state index in [2.05, 4.69) is 17.2 Å². The minimum Gasteiger partial charge on any atom is -0.465 e. The Morgan fingerprint density at radius 3 is 2.67 bits per heavy atom. The molecule has 2 rings (SSSR count). The van der Waals surface area contributed by atoms with Gasteiger partial charge in [-0.15, -0.1) is 0 Å². The molecule has 1 aromatic carbocycles. The van der Waals surface area contributed by atoms with Crippen molar-refractivity contribution in [1.29, 1.82) is 0 Å². The van der Waals surface area contributed by atoms with Gasteiger partial charge in [-0.05, 0) is 25.0 Å². The van der Waals surface area contributed by atoms with Crippen LogP contribution in [0.2, 0.25) is 0 Å². The molecular weight excluding hydrogens is 226 g/mol. The Balaban J connectivity index is 2.12. The number of para-hydroxylation sites is 1. The van der Waals surface area contributed by atoms with Gasteiger partial charge in [0.05, 0.1) is 5.69 Å². The maximum Gasteiger partial charge on any atom is 0.409 e. The highest BCUT2D eigenvalue weighted by Gasteiger charge is 2.10. The van der Waals surface area contributed by atoms with Crippen LogP contribution >= 0.6 is 0 Å². The van der Waals surface area contributed by atoms with Gasteiger partial charge in [-0.25, -0.2) is 4.79 Å². The molecule has 3 nitrogen and oxygen atoms in total. The van der Waals surface area contributed by atoms with Gasteiger partial charge in [-0.1, -0.05) is 43.2 Å². The number of hydrogen-bond donors (Lipinski definition) is 2. The van der Waals surface area contributed by atoms with E-state index in [4.69, 9.17) is 5.11 Å². The molecule has 0 radical (unpaired) electrons. The first-order valence-corrected chi connectivity index (χ1v) is 6.36. The molecule has 0 aromatic heterocycles. The fourth-order valence-electron chi connectivity index (χ4n) is 2.24. The van der Waals surface area contributed by atoms with Crippen LogP contribution in [-0.2, 0) is 0 Å². The Morgan fingerprint density at radius 1 is 1.22 bits per heavy atom. The molecule has 1 saturated carbocycles. The lowest BCUT2D eigenvalue weighted by atomic mass is 9.89. The molecule has 3 heteroatoms. The summed E-state index contributed by atoms with van der Waals surface area (Å²) in [6.07, 6.45) is 5.11. The number of carboxylic acid groups (broad SMARTS) is 1. The Morgan fingerprint density at radius 2 is 1.94 bits per heavy atom. The molecule has 1 fully saturated rings. The van der Waals surface area contributed by atoms with Crippen LogP contribution in [0.15, 0.2) is 24.3 Å². The number of rotatable bonds is 1. The van der Waals surface area contributed by atoms with E-state index in [9.17, 15) is 4.79 Å². The Hall–Kier alpha value is -1.95. The van der Waals surface area contributed by atoms with Gasteiger partial charge in [0.25, 0.3) is 0 Å². The van der Waals surface area contributed by atoms with Gasteiger partial charge >= 0.3 is 6.09 Å². The normalized spacial score (nSPS) is 15.6. The average Bonchev–Trinajstić information content (AvgIpc) is 2.38. The lowest BCUT2D eigenvalue weighted by Gasteiger charge is -2.15. The second-order valence-electron chi connectivity index (χ2n) is 4.58. The summed E-state index contributed by atoms with van der Waals surface area (Å²) in [5.41, 5.74) is 1.32. The lowest BCUT2D eigenvalue weighted by Crippen LogP contribution is -2.08. The topological polar surface area (TPSA) is 49.3 Å². The molecule has 0 heterocycles. The zero-order valence-corrected chi connectivity index (χ0v) is 10.3. The Labute approximate surface area is 107 Å². The molecule has 0 bridgehead atoms. The highest BCUT2D eigenvalue weighted by molar-refractivity contribution is 5.85. The van der Waals surface area contributed by atoms with Gasteiger partial charge in [0, 0.05) is 11.5 Å². The van der Waals surface area contributed by atoms with E-state index >= 15 is 0 Å². The van der Waals surface area contributed by atoms with Gasteiger partial charge in [0.2, 0.25) is 0 Å². The summed E-state index contributed by atoms with van der Waals surface area (Å²) in [5, 5.41) is 11.1. The minimum absolute atomic E-state index is 0.469. The summed E-state index contributed by atoms with van der Waals surface area (Å²) < 4.78 is 0. The molecule has 0 atom stereocenters. The average molecular weight is 243 g/mol. The summed E-state index contributed by atoms with van der Waals surface area (Å²) in [6, 6.07) is 7.26. The van der Waals surface area contributed by atoms with Crippen molar-refractivity contribution in [3.05, 3.63) is 29.8 Å². The molecule has 2 N–H and O–H groups in total.